The molecule has 0 amide bonds. The van der Waals surface area contributed by atoms with E-state index in [1.165, 1.54) is 0 Å². The molecule has 0 aliphatic rings. The van der Waals surface area contributed by atoms with Crippen LogP contribution in [0.5, 0.6) is 5.75 Å². The first-order chi connectivity index (χ1) is 11.2. The topological polar surface area (TPSA) is 52.8 Å². The molecular weight excluding hydrogens is 286 g/mol. The third-order valence-corrected chi connectivity index (χ3v) is 3.98. The number of fused-ring (bicyclic) bond motifs is 1. The summed E-state index contributed by atoms with van der Waals surface area (Å²) in [7, 11) is 0. The number of rotatable bonds is 4. The molecule has 0 aliphatic carbocycles. The summed E-state index contributed by atoms with van der Waals surface area (Å²) in [5.41, 5.74) is 1.51. The van der Waals surface area contributed by atoms with Crippen LogP contribution in [-0.4, -0.2) is 22.5 Å². The van der Waals surface area contributed by atoms with Gasteiger partial charge < -0.3 is 10.2 Å². The van der Waals surface area contributed by atoms with Crippen LogP contribution in [0.25, 0.3) is 10.8 Å². The Hall–Kier alpha value is -2.65. The third-order valence-electron chi connectivity index (χ3n) is 3.98. The number of hydrogen-bond donors (Lipinski definition) is 2. The van der Waals surface area contributed by atoms with E-state index in [4.69, 9.17) is 0 Å². The molecule has 0 spiro atoms. The van der Waals surface area contributed by atoms with Gasteiger partial charge in [-0.25, -0.2) is 0 Å². The molecule has 23 heavy (non-hydrogen) atoms. The predicted octanol–water partition coefficient (Wildman–Crippen LogP) is 4.09. The van der Waals surface area contributed by atoms with Crippen LogP contribution in [0.2, 0.25) is 0 Å². The predicted molar refractivity (Wildman–Crippen MR) is 94.1 cm³/mol. The Labute approximate surface area is 135 Å². The van der Waals surface area contributed by atoms with Gasteiger partial charge in [-0.3, -0.25) is 4.99 Å². The molecule has 3 nitrogen and oxygen atoms in total. The molecule has 0 bridgehead atoms. The lowest BCUT2D eigenvalue weighted by Crippen LogP contribution is -2.12. The van der Waals surface area contributed by atoms with Crippen molar-refractivity contribution in [2.45, 2.75) is 19.1 Å². The average molecular weight is 305 g/mol. The van der Waals surface area contributed by atoms with Gasteiger partial charge in [-0.15, -0.1) is 0 Å². The van der Waals surface area contributed by atoms with E-state index >= 15 is 0 Å². The highest BCUT2D eigenvalue weighted by Crippen LogP contribution is 2.26. The first-order valence-electron chi connectivity index (χ1n) is 7.63. The molecule has 0 aliphatic heterocycles. The van der Waals surface area contributed by atoms with E-state index < -0.39 is 6.10 Å². The molecule has 0 saturated carbocycles. The summed E-state index contributed by atoms with van der Waals surface area (Å²) in [6, 6.07) is 20.5. The van der Waals surface area contributed by atoms with Crippen molar-refractivity contribution in [1.29, 1.82) is 0 Å². The molecular formula is C20H19NO2. The van der Waals surface area contributed by atoms with Crippen molar-refractivity contribution in [1.82, 2.24) is 0 Å². The van der Waals surface area contributed by atoms with Crippen molar-refractivity contribution in [2.75, 3.05) is 0 Å². The number of phenolic OH excluding ortho intramolecular Hbond substituents is 1. The third kappa shape index (κ3) is 3.25. The molecule has 0 saturated heterocycles. The monoisotopic (exact) mass is 305 g/mol. The zero-order valence-corrected chi connectivity index (χ0v) is 12.9. The average Bonchev–Trinajstić information content (AvgIpc) is 2.60. The smallest absolute Gasteiger partial charge is 0.124 e. The van der Waals surface area contributed by atoms with Crippen LogP contribution < -0.4 is 0 Å². The molecule has 3 rings (SSSR count). The van der Waals surface area contributed by atoms with Crippen molar-refractivity contribution < 1.29 is 10.2 Å². The Balaban J connectivity index is 1.89. The van der Waals surface area contributed by atoms with Gasteiger partial charge in [0.05, 0.1) is 6.04 Å². The zero-order valence-electron chi connectivity index (χ0n) is 12.9. The van der Waals surface area contributed by atoms with Crippen LogP contribution in [0.3, 0.4) is 0 Å². The van der Waals surface area contributed by atoms with Gasteiger partial charge in [0.2, 0.25) is 0 Å². The van der Waals surface area contributed by atoms with E-state index in [9.17, 15) is 10.2 Å². The number of hydrogen-bond acceptors (Lipinski definition) is 3. The lowest BCUT2D eigenvalue weighted by atomic mass is 10.0. The minimum Gasteiger partial charge on any atom is -0.507 e. The fraction of sp³-hybridized carbons (Fsp3) is 0.150. The summed E-state index contributed by atoms with van der Waals surface area (Å²) in [6.07, 6.45) is 0.971. The number of aromatic hydroxyl groups is 1. The molecule has 0 heterocycles. The fourth-order valence-electron chi connectivity index (χ4n) is 2.62. The van der Waals surface area contributed by atoms with Crippen LogP contribution in [0.4, 0.5) is 0 Å². The van der Waals surface area contributed by atoms with Crippen molar-refractivity contribution >= 4 is 17.0 Å². The lowest BCUT2D eigenvalue weighted by molar-refractivity contribution is 0.154. The maximum absolute atomic E-state index is 10.4. The van der Waals surface area contributed by atoms with Crippen LogP contribution >= 0.6 is 0 Å². The van der Waals surface area contributed by atoms with Gasteiger partial charge in [-0.1, -0.05) is 60.7 Å². The second-order valence-electron chi connectivity index (χ2n) is 5.59. The fourth-order valence-corrected chi connectivity index (χ4v) is 2.62. The van der Waals surface area contributed by atoms with Crippen LogP contribution in [0.15, 0.2) is 71.7 Å². The second-order valence-corrected chi connectivity index (χ2v) is 5.59. The summed E-state index contributed by atoms with van der Waals surface area (Å²) in [5, 5.41) is 22.5. The zero-order chi connectivity index (χ0) is 16.2. The van der Waals surface area contributed by atoms with Crippen molar-refractivity contribution in [3.05, 3.63) is 77.9 Å². The van der Waals surface area contributed by atoms with Gasteiger partial charge in [0.25, 0.3) is 0 Å². The van der Waals surface area contributed by atoms with Gasteiger partial charge in [-0.05, 0) is 29.3 Å². The first-order valence-corrected chi connectivity index (χ1v) is 7.63. The highest BCUT2D eigenvalue weighted by Gasteiger charge is 2.14. The normalized spacial score (nSPS) is 14.2. The quantitative estimate of drug-likeness (QED) is 0.713. The number of aliphatic imine (C=N–C) groups is 1. The molecule has 2 unspecified atom stereocenters. The van der Waals surface area contributed by atoms with Gasteiger partial charge in [0.1, 0.15) is 11.9 Å². The molecule has 0 radical (unpaired) electrons. The SMILES string of the molecule is CC(N=Cc1c(O)ccc2ccccc12)C(O)c1ccccc1. The van der Waals surface area contributed by atoms with Crippen LogP contribution in [-0.2, 0) is 0 Å². The highest BCUT2D eigenvalue weighted by atomic mass is 16.3. The summed E-state index contributed by atoms with van der Waals surface area (Å²) < 4.78 is 0. The number of aliphatic hydroxyl groups is 1. The summed E-state index contributed by atoms with van der Waals surface area (Å²) in [6.45, 7) is 1.86. The van der Waals surface area contributed by atoms with Crippen molar-refractivity contribution in [2.24, 2.45) is 4.99 Å². The number of aliphatic hydroxyl groups excluding tert-OH is 1. The molecule has 3 aromatic rings. The Morgan fingerprint density at radius 1 is 0.913 bits per heavy atom. The maximum atomic E-state index is 10.4. The molecule has 3 heteroatoms. The first kappa shape index (κ1) is 15.3. The van der Waals surface area contributed by atoms with E-state index in [1.807, 2.05) is 67.6 Å². The highest BCUT2D eigenvalue weighted by molar-refractivity contribution is 6.02. The minimum atomic E-state index is -0.676. The van der Waals surface area contributed by atoms with E-state index in [2.05, 4.69) is 4.99 Å². The number of phenols is 1. The molecule has 0 fully saturated rings. The van der Waals surface area contributed by atoms with Gasteiger partial charge in [0, 0.05) is 11.8 Å². The largest absolute Gasteiger partial charge is 0.507 e. The van der Waals surface area contributed by atoms with Gasteiger partial charge >= 0.3 is 0 Å². The summed E-state index contributed by atoms with van der Waals surface area (Å²) >= 11 is 0. The number of nitrogens with zero attached hydrogens (tertiary/aromatic N) is 1. The molecule has 116 valence electrons. The minimum absolute atomic E-state index is 0.189. The van der Waals surface area contributed by atoms with Crippen molar-refractivity contribution in [3.8, 4) is 5.75 Å². The molecule has 2 N–H and O–H groups in total. The standard InChI is InChI=1S/C20H19NO2/c1-14(20(23)16-8-3-2-4-9-16)21-13-18-17-10-6-5-7-15(17)11-12-19(18)22/h2-14,20,22-23H,1H3. The second kappa shape index (κ2) is 6.63. The summed E-state index contributed by atoms with van der Waals surface area (Å²) in [5.74, 6) is 0.189. The van der Waals surface area contributed by atoms with E-state index in [0.29, 0.717) is 5.56 Å². The van der Waals surface area contributed by atoms with E-state index in [1.54, 1.807) is 12.3 Å². The Kier molecular flexibility index (Phi) is 4.40. The Morgan fingerprint density at radius 2 is 1.61 bits per heavy atom. The lowest BCUT2D eigenvalue weighted by Gasteiger charge is -2.15. The molecule has 0 aromatic heterocycles. The van der Waals surface area contributed by atoms with E-state index in [0.717, 1.165) is 16.3 Å². The Bertz CT molecular complexity index is 827. The van der Waals surface area contributed by atoms with Crippen LogP contribution in [0.1, 0.15) is 24.2 Å². The van der Waals surface area contributed by atoms with Crippen LogP contribution in [0, 0.1) is 0 Å². The van der Waals surface area contributed by atoms with Gasteiger partial charge in [-0.2, -0.15) is 0 Å². The maximum Gasteiger partial charge on any atom is 0.124 e. The molecule has 3 aromatic carbocycles. The summed E-state index contributed by atoms with van der Waals surface area (Å²) in [4.78, 5) is 4.45. The Morgan fingerprint density at radius 3 is 2.39 bits per heavy atom. The van der Waals surface area contributed by atoms with E-state index in [-0.39, 0.29) is 11.8 Å². The van der Waals surface area contributed by atoms with Gasteiger partial charge in [0.15, 0.2) is 0 Å². The molecule has 2 atom stereocenters. The van der Waals surface area contributed by atoms with Crippen molar-refractivity contribution in [3.63, 3.8) is 0 Å². The number of benzene rings is 3.